The Kier molecular flexibility index (Phi) is 2.44. The van der Waals surface area contributed by atoms with Crippen LogP contribution in [0.15, 0.2) is 43.0 Å². The van der Waals surface area contributed by atoms with E-state index in [4.69, 9.17) is 0 Å². The molecule has 0 unspecified atom stereocenters. The maximum absolute atomic E-state index is 11.0. The molecule has 1 aromatic heterocycles. The van der Waals surface area contributed by atoms with E-state index in [0.717, 1.165) is 18.5 Å². The first kappa shape index (κ1) is 11.0. The molecule has 1 aromatic carbocycles. The molecule has 1 heterocycles. The van der Waals surface area contributed by atoms with Gasteiger partial charge in [-0.05, 0) is 30.5 Å². The molecule has 1 N–H and O–H groups in total. The monoisotopic (exact) mass is 241 g/mol. The van der Waals surface area contributed by atoms with E-state index in [0.29, 0.717) is 0 Å². The summed E-state index contributed by atoms with van der Waals surface area (Å²) in [6.07, 6.45) is 7.97. The van der Waals surface area contributed by atoms with Gasteiger partial charge in [0.2, 0.25) is 5.91 Å². The fourth-order valence-electron chi connectivity index (χ4n) is 2.39. The summed E-state index contributed by atoms with van der Waals surface area (Å²) < 4.78 is 2.17. The average Bonchev–Trinajstić information content (AvgIpc) is 2.97. The van der Waals surface area contributed by atoms with Gasteiger partial charge in [0.1, 0.15) is 0 Å². The summed E-state index contributed by atoms with van der Waals surface area (Å²) in [6, 6.07) is 8.07. The summed E-state index contributed by atoms with van der Waals surface area (Å²) in [5.41, 5.74) is 2.20. The summed E-state index contributed by atoms with van der Waals surface area (Å²) in [5, 5.41) is 2.78. The molecule has 1 aliphatic carbocycles. The van der Waals surface area contributed by atoms with Crippen LogP contribution < -0.4 is 5.32 Å². The largest absolute Gasteiger partial charge is 0.327 e. The quantitative estimate of drug-likeness (QED) is 0.896. The number of hydrogen-bond acceptors (Lipinski definition) is 2. The number of carbonyl (C=O) groups excluding carboxylic acids is 1. The van der Waals surface area contributed by atoms with Gasteiger partial charge in [-0.3, -0.25) is 4.79 Å². The number of amides is 1. The van der Waals surface area contributed by atoms with Gasteiger partial charge in [-0.2, -0.15) is 0 Å². The third-order valence-corrected chi connectivity index (χ3v) is 3.46. The molecule has 1 saturated carbocycles. The Hall–Kier alpha value is -2.10. The molecule has 4 heteroatoms. The first-order valence-electron chi connectivity index (χ1n) is 6.07. The number of hydrogen-bond donors (Lipinski definition) is 1. The molecule has 0 saturated heterocycles. The fourth-order valence-corrected chi connectivity index (χ4v) is 2.39. The number of aromatic nitrogens is 2. The maximum atomic E-state index is 11.0. The molecule has 1 fully saturated rings. The maximum Gasteiger partial charge on any atom is 0.221 e. The van der Waals surface area contributed by atoms with Crippen molar-refractivity contribution in [3.05, 3.63) is 48.5 Å². The number of nitrogens with one attached hydrogen (secondary N) is 1. The Bertz CT molecular complexity index is 553. The van der Waals surface area contributed by atoms with Crippen LogP contribution in [-0.4, -0.2) is 15.5 Å². The van der Waals surface area contributed by atoms with E-state index in [9.17, 15) is 4.79 Å². The van der Waals surface area contributed by atoms with E-state index in [2.05, 4.69) is 27.0 Å². The van der Waals surface area contributed by atoms with Crippen molar-refractivity contribution in [3.8, 4) is 0 Å². The highest BCUT2D eigenvalue weighted by atomic mass is 16.1. The molecule has 18 heavy (non-hydrogen) atoms. The van der Waals surface area contributed by atoms with E-state index in [1.165, 1.54) is 12.5 Å². The van der Waals surface area contributed by atoms with Gasteiger partial charge in [0.25, 0.3) is 0 Å². The third kappa shape index (κ3) is 1.79. The van der Waals surface area contributed by atoms with Gasteiger partial charge in [0.05, 0.1) is 11.9 Å². The smallest absolute Gasteiger partial charge is 0.221 e. The van der Waals surface area contributed by atoms with Gasteiger partial charge in [-0.25, -0.2) is 4.98 Å². The zero-order chi connectivity index (χ0) is 12.6. The van der Waals surface area contributed by atoms with Gasteiger partial charge in [-0.15, -0.1) is 0 Å². The Labute approximate surface area is 106 Å². The number of carbonyl (C=O) groups is 1. The first-order valence-corrected chi connectivity index (χ1v) is 6.07. The number of rotatable bonds is 3. The van der Waals surface area contributed by atoms with Crippen LogP contribution >= 0.6 is 0 Å². The van der Waals surface area contributed by atoms with Crippen molar-refractivity contribution in [3.63, 3.8) is 0 Å². The molecule has 2 aromatic rings. The van der Waals surface area contributed by atoms with E-state index in [1.807, 2.05) is 30.9 Å². The van der Waals surface area contributed by atoms with Gasteiger partial charge in [-0.1, -0.05) is 12.1 Å². The lowest BCUT2D eigenvalue weighted by Gasteiger charge is -2.17. The van der Waals surface area contributed by atoms with Crippen LogP contribution in [0, 0.1) is 0 Å². The second-order valence-electron chi connectivity index (χ2n) is 4.76. The average molecular weight is 241 g/mol. The predicted octanol–water partition coefficient (Wildman–Crippen LogP) is 2.38. The van der Waals surface area contributed by atoms with E-state index in [-0.39, 0.29) is 11.4 Å². The normalized spacial score (nSPS) is 16.3. The second kappa shape index (κ2) is 3.98. The zero-order valence-corrected chi connectivity index (χ0v) is 10.3. The minimum absolute atomic E-state index is 0.0431. The third-order valence-electron chi connectivity index (χ3n) is 3.46. The number of imidazole rings is 1. The Morgan fingerprint density at radius 3 is 2.56 bits per heavy atom. The van der Waals surface area contributed by atoms with Crippen LogP contribution in [0.25, 0.3) is 0 Å². The summed E-state index contributed by atoms with van der Waals surface area (Å²) in [4.78, 5) is 15.1. The van der Waals surface area contributed by atoms with Crippen molar-refractivity contribution in [2.75, 3.05) is 5.32 Å². The van der Waals surface area contributed by atoms with Crippen LogP contribution in [0.4, 0.5) is 5.69 Å². The van der Waals surface area contributed by atoms with Crippen LogP contribution in [0.2, 0.25) is 0 Å². The van der Waals surface area contributed by atoms with E-state index in [1.54, 1.807) is 0 Å². The molecule has 1 aliphatic rings. The molecular weight excluding hydrogens is 226 g/mol. The molecular formula is C14H15N3O. The zero-order valence-electron chi connectivity index (χ0n) is 10.3. The molecule has 0 spiro atoms. The van der Waals surface area contributed by atoms with Crippen molar-refractivity contribution in [1.82, 2.24) is 9.55 Å². The topological polar surface area (TPSA) is 46.9 Å². The summed E-state index contributed by atoms with van der Waals surface area (Å²) >= 11 is 0. The van der Waals surface area contributed by atoms with Crippen LogP contribution in [0.1, 0.15) is 25.3 Å². The lowest BCUT2D eigenvalue weighted by atomic mass is 10.0. The number of anilines is 1. The van der Waals surface area contributed by atoms with Gasteiger partial charge >= 0.3 is 0 Å². The van der Waals surface area contributed by atoms with Gasteiger partial charge in [0, 0.05) is 25.0 Å². The highest BCUT2D eigenvalue weighted by Crippen LogP contribution is 2.49. The molecule has 0 atom stereocenters. The Balaban J connectivity index is 1.87. The van der Waals surface area contributed by atoms with Crippen LogP contribution in [-0.2, 0) is 10.3 Å². The highest BCUT2D eigenvalue weighted by molar-refractivity contribution is 5.88. The summed E-state index contributed by atoms with van der Waals surface area (Å²) in [6.45, 7) is 1.52. The fraction of sp³-hybridized carbons (Fsp3) is 0.286. The predicted molar refractivity (Wildman–Crippen MR) is 69.3 cm³/mol. The van der Waals surface area contributed by atoms with Gasteiger partial charge < -0.3 is 9.88 Å². The minimum atomic E-state index is -0.0431. The molecule has 1 amide bonds. The standard InChI is InChI=1S/C14H15N3O/c1-11(18)16-13-4-2-12(3-5-13)14(6-7-14)17-9-8-15-10-17/h2-5,8-10H,6-7H2,1H3,(H,16,18). The second-order valence-corrected chi connectivity index (χ2v) is 4.76. The molecule has 0 radical (unpaired) electrons. The van der Waals surface area contributed by atoms with Crippen molar-refractivity contribution in [2.45, 2.75) is 25.3 Å². The molecule has 3 rings (SSSR count). The van der Waals surface area contributed by atoms with Crippen molar-refractivity contribution >= 4 is 11.6 Å². The lowest BCUT2D eigenvalue weighted by Crippen LogP contribution is -2.16. The molecule has 0 bridgehead atoms. The summed E-state index contributed by atoms with van der Waals surface area (Å²) in [7, 11) is 0. The SMILES string of the molecule is CC(=O)Nc1ccc(C2(n3ccnc3)CC2)cc1. The van der Waals surface area contributed by atoms with Crippen molar-refractivity contribution < 1.29 is 4.79 Å². The lowest BCUT2D eigenvalue weighted by molar-refractivity contribution is -0.114. The Morgan fingerprint density at radius 1 is 1.33 bits per heavy atom. The Morgan fingerprint density at radius 2 is 2.06 bits per heavy atom. The van der Waals surface area contributed by atoms with E-state index >= 15 is 0 Å². The minimum Gasteiger partial charge on any atom is -0.327 e. The first-order chi connectivity index (χ1) is 8.71. The summed E-state index contributed by atoms with van der Waals surface area (Å²) in [5.74, 6) is -0.0431. The van der Waals surface area contributed by atoms with Crippen molar-refractivity contribution in [2.24, 2.45) is 0 Å². The van der Waals surface area contributed by atoms with Crippen LogP contribution in [0.5, 0.6) is 0 Å². The van der Waals surface area contributed by atoms with Crippen LogP contribution in [0.3, 0.4) is 0 Å². The van der Waals surface area contributed by atoms with Gasteiger partial charge in [0.15, 0.2) is 0 Å². The highest BCUT2D eigenvalue weighted by Gasteiger charge is 2.45. The van der Waals surface area contributed by atoms with Crippen molar-refractivity contribution in [1.29, 1.82) is 0 Å². The molecule has 92 valence electrons. The molecule has 0 aliphatic heterocycles. The van der Waals surface area contributed by atoms with E-state index < -0.39 is 0 Å². The molecule has 4 nitrogen and oxygen atoms in total. The number of benzene rings is 1. The number of nitrogens with zero attached hydrogens (tertiary/aromatic N) is 2.